The lowest BCUT2D eigenvalue weighted by Crippen LogP contribution is -2.47. The van der Waals surface area contributed by atoms with Gasteiger partial charge in [0.1, 0.15) is 5.88 Å². The summed E-state index contributed by atoms with van der Waals surface area (Å²) in [6.07, 6.45) is 0. The lowest BCUT2D eigenvalue weighted by Gasteiger charge is -2.32. The molecule has 0 aliphatic carbocycles. The first-order chi connectivity index (χ1) is 11.7. The minimum absolute atomic E-state index is 0.0329. The normalized spacial score (nSPS) is 23.1. The van der Waals surface area contributed by atoms with Crippen molar-refractivity contribution in [3.05, 3.63) is 0 Å². The van der Waals surface area contributed by atoms with Crippen LogP contribution in [-0.4, -0.2) is 133 Å². The Labute approximate surface area is 152 Å². The Morgan fingerprint density at radius 3 is 1.56 bits per heavy atom. The maximum absolute atomic E-state index is 12.2. The highest BCUT2D eigenvalue weighted by atomic mass is 32.2. The van der Waals surface area contributed by atoms with E-state index in [1.54, 1.807) is 0 Å². The van der Waals surface area contributed by atoms with Gasteiger partial charge in [0.15, 0.2) is 19.7 Å². The van der Waals surface area contributed by atoms with Gasteiger partial charge in [0, 0.05) is 58.9 Å². The molecule has 0 spiro atoms. The molecular weight excluding hydrogens is 364 g/mol. The quantitative estimate of drug-likeness (QED) is 0.479. The topological polar surface area (TPSA) is 81.2 Å². The number of hydrogen-bond donors (Lipinski definition) is 0. The predicted octanol–water partition coefficient (Wildman–Crippen LogP) is -1.73. The molecule has 2 aliphatic heterocycles. The van der Waals surface area contributed by atoms with Crippen LogP contribution < -0.4 is 0 Å². The van der Waals surface area contributed by atoms with Crippen molar-refractivity contribution >= 4 is 19.7 Å². The number of hydrogen-bond acceptors (Lipinski definition) is 8. The van der Waals surface area contributed by atoms with E-state index in [0.717, 1.165) is 39.3 Å². The first-order valence-corrected chi connectivity index (χ1v) is 12.5. The fourth-order valence-electron chi connectivity index (χ4n) is 3.02. The molecule has 2 saturated heterocycles. The molecule has 2 rings (SSSR count). The molecule has 0 aromatic carbocycles. The van der Waals surface area contributed by atoms with E-state index in [2.05, 4.69) is 21.7 Å². The van der Waals surface area contributed by atoms with Crippen molar-refractivity contribution in [3.8, 4) is 0 Å². The summed E-state index contributed by atoms with van der Waals surface area (Å²) in [4.78, 5) is 8.41. The summed E-state index contributed by atoms with van der Waals surface area (Å²) in [5.41, 5.74) is 0. The Kier molecular flexibility index (Phi) is 7.66. The third-order valence-electron chi connectivity index (χ3n) is 4.99. The molecule has 0 radical (unpaired) electrons. The SMILES string of the molecule is CN1CCN(CCS(=O)(=O)CCS(=O)(=O)CN2CCN(C)CC2)CC1. The zero-order valence-electron chi connectivity index (χ0n) is 15.4. The molecule has 2 heterocycles. The molecule has 0 atom stereocenters. The fourth-order valence-corrected chi connectivity index (χ4v) is 6.73. The van der Waals surface area contributed by atoms with E-state index in [1.807, 2.05) is 11.9 Å². The number of nitrogens with zero attached hydrogens (tertiary/aromatic N) is 4. The molecule has 148 valence electrons. The van der Waals surface area contributed by atoms with Crippen LogP contribution in [0, 0.1) is 0 Å². The van der Waals surface area contributed by atoms with Gasteiger partial charge in [-0.3, -0.25) is 9.80 Å². The van der Waals surface area contributed by atoms with E-state index in [9.17, 15) is 16.8 Å². The van der Waals surface area contributed by atoms with Gasteiger partial charge < -0.3 is 9.80 Å². The number of likely N-dealkylation sites (N-methyl/N-ethyl adjacent to an activating group) is 2. The van der Waals surface area contributed by atoms with E-state index in [0.29, 0.717) is 19.6 Å². The van der Waals surface area contributed by atoms with Crippen LogP contribution in [0.2, 0.25) is 0 Å². The van der Waals surface area contributed by atoms with Crippen molar-refractivity contribution in [2.45, 2.75) is 0 Å². The third-order valence-corrected chi connectivity index (χ3v) is 8.47. The smallest absolute Gasteiger partial charge is 0.164 e. The van der Waals surface area contributed by atoms with Gasteiger partial charge in [-0.05, 0) is 14.1 Å². The van der Waals surface area contributed by atoms with Gasteiger partial charge >= 0.3 is 0 Å². The predicted molar refractivity (Wildman–Crippen MR) is 100 cm³/mol. The third kappa shape index (κ3) is 7.88. The van der Waals surface area contributed by atoms with Gasteiger partial charge in [-0.25, -0.2) is 16.8 Å². The van der Waals surface area contributed by atoms with E-state index in [1.165, 1.54) is 0 Å². The molecule has 8 nitrogen and oxygen atoms in total. The first-order valence-electron chi connectivity index (χ1n) is 8.88. The summed E-state index contributed by atoms with van der Waals surface area (Å²) in [5, 5.41) is 0. The highest BCUT2D eigenvalue weighted by Crippen LogP contribution is 2.05. The van der Waals surface area contributed by atoms with Crippen LogP contribution >= 0.6 is 0 Å². The van der Waals surface area contributed by atoms with Crippen molar-refractivity contribution in [1.82, 2.24) is 19.6 Å². The molecule has 0 saturated carbocycles. The molecule has 2 fully saturated rings. The molecule has 0 amide bonds. The van der Waals surface area contributed by atoms with E-state index in [4.69, 9.17) is 0 Å². The van der Waals surface area contributed by atoms with Gasteiger partial charge in [0.05, 0.1) is 17.3 Å². The van der Waals surface area contributed by atoms with Gasteiger partial charge in [0.25, 0.3) is 0 Å². The number of sulfone groups is 2. The molecule has 0 aromatic heterocycles. The Morgan fingerprint density at radius 1 is 0.600 bits per heavy atom. The maximum atomic E-state index is 12.2. The van der Waals surface area contributed by atoms with Crippen LogP contribution in [0.25, 0.3) is 0 Å². The highest BCUT2D eigenvalue weighted by molar-refractivity contribution is 7.95. The molecule has 10 heteroatoms. The van der Waals surface area contributed by atoms with Crippen LogP contribution in [0.15, 0.2) is 0 Å². The number of rotatable bonds is 8. The van der Waals surface area contributed by atoms with E-state index in [-0.39, 0.29) is 23.1 Å². The van der Waals surface area contributed by atoms with Crippen molar-refractivity contribution in [1.29, 1.82) is 0 Å². The average Bonchev–Trinajstić information content (AvgIpc) is 2.55. The van der Waals surface area contributed by atoms with Crippen LogP contribution in [0.1, 0.15) is 0 Å². The fraction of sp³-hybridized carbons (Fsp3) is 1.00. The van der Waals surface area contributed by atoms with Crippen molar-refractivity contribution < 1.29 is 16.8 Å². The second-order valence-electron chi connectivity index (χ2n) is 7.29. The minimum atomic E-state index is -3.37. The van der Waals surface area contributed by atoms with E-state index < -0.39 is 19.7 Å². The van der Waals surface area contributed by atoms with Gasteiger partial charge in [-0.15, -0.1) is 0 Å². The zero-order valence-corrected chi connectivity index (χ0v) is 17.1. The summed E-state index contributed by atoms with van der Waals surface area (Å²) in [7, 11) is -2.65. The molecular formula is C15H32N4O4S2. The highest BCUT2D eigenvalue weighted by Gasteiger charge is 2.24. The summed E-state index contributed by atoms with van der Waals surface area (Å²) < 4.78 is 48.9. The van der Waals surface area contributed by atoms with Crippen molar-refractivity contribution in [2.24, 2.45) is 0 Å². The minimum Gasteiger partial charge on any atom is -0.304 e. The molecule has 0 bridgehead atoms. The Bertz CT molecular complexity index is 607. The molecule has 0 unspecified atom stereocenters. The Hall–Kier alpha value is -0.260. The van der Waals surface area contributed by atoms with Crippen molar-refractivity contribution in [3.63, 3.8) is 0 Å². The monoisotopic (exact) mass is 396 g/mol. The standard InChI is InChI=1S/C15H32N4O4S2/c1-16-3-7-18(8-4-16)11-12-24(20,21)13-14-25(22,23)15-19-9-5-17(2)6-10-19/h3-15H2,1-2H3. The summed E-state index contributed by atoms with van der Waals surface area (Å²) >= 11 is 0. The lowest BCUT2D eigenvalue weighted by molar-refractivity contribution is 0.161. The second-order valence-corrected chi connectivity index (χ2v) is 11.8. The van der Waals surface area contributed by atoms with Crippen LogP contribution in [0.4, 0.5) is 0 Å². The summed E-state index contributed by atoms with van der Waals surface area (Å²) in [6.45, 7) is 7.24. The van der Waals surface area contributed by atoms with Crippen LogP contribution in [-0.2, 0) is 19.7 Å². The first kappa shape index (κ1) is 21.0. The van der Waals surface area contributed by atoms with Crippen LogP contribution in [0.5, 0.6) is 0 Å². The van der Waals surface area contributed by atoms with Gasteiger partial charge in [0.2, 0.25) is 0 Å². The molecule has 0 N–H and O–H groups in total. The molecule has 2 aliphatic rings. The molecule has 0 aromatic rings. The second kappa shape index (κ2) is 9.09. The molecule has 25 heavy (non-hydrogen) atoms. The largest absolute Gasteiger partial charge is 0.304 e. The summed E-state index contributed by atoms with van der Waals surface area (Å²) in [6, 6.07) is 0. The summed E-state index contributed by atoms with van der Waals surface area (Å²) in [5.74, 6) is -0.531. The average molecular weight is 397 g/mol. The van der Waals surface area contributed by atoms with Gasteiger partial charge in [-0.2, -0.15) is 0 Å². The number of piperazine rings is 2. The maximum Gasteiger partial charge on any atom is 0.164 e. The van der Waals surface area contributed by atoms with Crippen molar-refractivity contribution in [2.75, 3.05) is 96.1 Å². The zero-order chi connectivity index (χ0) is 18.5. The van der Waals surface area contributed by atoms with Crippen LogP contribution in [0.3, 0.4) is 0 Å². The lowest BCUT2D eigenvalue weighted by atomic mass is 10.3. The van der Waals surface area contributed by atoms with Gasteiger partial charge in [-0.1, -0.05) is 0 Å². The van der Waals surface area contributed by atoms with E-state index >= 15 is 0 Å². The Morgan fingerprint density at radius 2 is 1.04 bits per heavy atom. The Balaban J connectivity index is 1.72.